The molecule has 2 aliphatic heterocycles. The zero-order valence-electron chi connectivity index (χ0n) is 25.1. The number of fused-ring (bicyclic) bond motifs is 1. The van der Waals surface area contributed by atoms with Gasteiger partial charge in [-0.1, -0.05) is 38.2 Å². The van der Waals surface area contributed by atoms with Gasteiger partial charge in [0.15, 0.2) is 0 Å². The molecule has 2 heterocycles. The highest BCUT2D eigenvalue weighted by Crippen LogP contribution is 2.51. The van der Waals surface area contributed by atoms with E-state index in [1.54, 1.807) is 9.80 Å². The summed E-state index contributed by atoms with van der Waals surface area (Å²) in [4.78, 5) is 32.4. The number of aliphatic hydroxyl groups is 2. The lowest BCUT2D eigenvalue weighted by Crippen LogP contribution is -2.67. The molecule has 1 aromatic carbocycles. The molecule has 244 valence electrons. The fraction of sp³-hybridized carbons (Fsp3) is 0.613. The number of halogens is 6. The summed E-state index contributed by atoms with van der Waals surface area (Å²) in [6, 6.07) is -1.57. The molecule has 0 radical (unpaired) electrons. The number of carbonyl (C=O) groups is 2. The summed E-state index contributed by atoms with van der Waals surface area (Å²) in [7, 11) is 1.34. The van der Waals surface area contributed by atoms with Crippen LogP contribution in [0.2, 0.25) is 0 Å². The van der Waals surface area contributed by atoms with Crippen LogP contribution < -0.4 is 0 Å². The molecule has 0 saturated carbocycles. The summed E-state index contributed by atoms with van der Waals surface area (Å²) < 4.78 is 81.5. The Bertz CT molecular complexity index is 1270. The number of carbonyl (C=O) groups excluding carboxylic acids is 2. The highest BCUT2D eigenvalue weighted by Gasteiger charge is 2.60. The molecule has 0 aromatic heterocycles. The highest BCUT2D eigenvalue weighted by molar-refractivity contribution is 5.86. The van der Waals surface area contributed by atoms with E-state index in [4.69, 9.17) is 0 Å². The third kappa shape index (κ3) is 5.96. The zero-order chi connectivity index (χ0) is 32.8. The Morgan fingerprint density at radius 3 is 2.09 bits per heavy atom. The van der Waals surface area contributed by atoms with Gasteiger partial charge in [0.2, 0.25) is 5.91 Å². The van der Waals surface area contributed by atoms with E-state index in [9.17, 15) is 46.1 Å². The van der Waals surface area contributed by atoms with Crippen LogP contribution in [0, 0.1) is 16.7 Å². The Balaban J connectivity index is 1.75. The zero-order valence-corrected chi connectivity index (χ0v) is 25.1. The van der Waals surface area contributed by atoms with E-state index in [1.807, 2.05) is 38.2 Å². The highest BCUT2D eigenvalue weighted by atomic mass is 19.4. The summed E-state index contributed by atoms with van der Waals surface area (Å²) in [6.45, 7) is 4.99. The number of amides is 3. The Labute approximate surface area is 252 Å². The van der Waals surface area contributed by atoms with Crippen molar-refractivity contribution in [3.05, 3.63) is 59.2 Å². The van der Waals surface area contributed by atoms with Gasteiger partial charge in [-0.3, -0.25) is 4.79 Å². The monoisotopic (exact) mass is 631 g/mol. The predicted octanol–water partition coefficient (Wildman–Crippen LogP) is 5.64. The Morgan fingerprint density at radius 2 is 1.59 bits per heavy atom. The first-order chi connectivity index (χ1) is 20.4. The molecule has 3 aliphatic rings. The van der Waals surface area contributed by atoms with Crippen LogP contribution in [0.5, 0.6) is 0 Å². The maximum absolute atomic E-state index is 14.2. The van der Waals surface area contributed by atoms with E-state index in [-0.39, 0.29) is 69.0 Å². The molecule has 2 saturated heterocycles. The van der Waals surface area contributed by atoms with Crippen molar-refractivity contribution < 1.29 is 46.1 Å². The molecule has 2 N–H and O–H groups in total. The van der Waals surface area contributed by atoms with Gasteiger partial charge in [-0.15, -0.1) is 0 Å². The number of benzene rings is 1. The van der Waals surface area contributed by atoms with E-state index in [0.29, 0.717) is 12.1 Å². The largest absolute Gasteiger partial charge is 0.416 e. The van der Waals surface area contributed by atoms with Crippen molar-refractivity contribution in [3.8, 4) is 0 Å². The number of allylic oxidation sites excluding steroid dienone is 3. The summed E-state index contributed by atoms with van der Waals surface area (Å²) in [6.07, 6.45) is -1.87. The number of alkyl halides is 6. The van der Waals surface area contributed by atoms with Crippen LogP contribution in [0.3, 0.4) is 0 Å². The molecule has 1 aromatic rings. The van der Waals surface area contributed by atoms with Gasteiger partial charge in [0.25, 0.3) is 0 Å². The van der Waals surface area contributed by atoms with E-state index in [0.717, 1.165) is 4.90 Å². The van der Waals surface area contributed by atoms with Crippen molar-refractivity contribution in [2.75, 3.05) is 33.4 Å². The van der Waals surface area contributed by atoms with Gasteiger partial charge in [0, 0.05) is 38.8 Å². The van der Waals surface area contributed by atoms with E-state index in [1.165, 1.54) is 14.0 Å². The van der Waals surface area contributed by atoms with E-state index in [2.05, 4.69) is 0 Å². The Morgan fingerprint density at radius 1 is 1.02 bits per heavy atom. The molecule has 1 aliphatic carbocycles. The summed E-state index contributed by atoms with van der Waals surface area (Å²) in [5.41, 5.74) is -4.97. The van der Waals surface area contributed by atoms with Crippen molar-refractivity contribution in [2.45, 2.75) is 70.5 Å². The Hall–Kier alpha value is -3.06. The topological polar surface area (TPSA) is 84.3 Å². The number of rotatable bonds is 7. The number of hydrogen-bond donors (Lipinski definition) is 2. The summed E-state index contributed by atoms with van der Waals surface area (Å²) >= 11 is 0. The molecule has 3 amide bonds. The average molecular weight is 632 g/mol. The van der Waals surface area contributed by atoms with Crippen molar-refractivity contribution in [3.63, 3.8) is 0 Å². The number of nitrogens with zero attached hydrogens (tertiary/aromatic N) is 3. The van der Waals surface area contributed by atoms with Crippen LogP contribution in [0.1, 0.15) is 62.8 Å². The lowest BCUT2D eigenvalue weighted by Gasteiger charge is -2.54. The van der Waals surface area contributed by atoms with Gasteiger partial charge in [0.1, 0.15) is 0 Å². The van der Waals surface area contributed by atoms with Gasteiger partial charge >= 0.3 is 18.4 Å². The van der Waals surface area contributed by atoms with Gasteiger partial charge in [0.05, 0.1) is 34.7 Å². The SMILES string of the molecule is CC(c1cc(C(F)(F)F)cc(C(F)(F)F)c1)N(C)C(=O)N1CCN2C(=O)C(CCO)(CCO)CC2C1C1(C)C=CC=CC1C. The minimum atomic E-state index is -5.03. The third-order valence-corrected chi connectivity index (χ3v) is 9.98. The molecule has 5 unspecified atom stereocenters. The molecule has 2 fully saturated rings. The fourth-order valence-corrected chi connectivity index (χ4v) is 7.13. The number of urea groups is 1. The molecule has 0 bridgehead atoms. The normalized spacial score (nSPS) is 27.5. The lowest BCUT2D eigenvalue weighted by atomic mass is 9.65. The maximum Gasteiger partial charge on any atom is 0.416 e. The second-order valence-electron chi connectivity index (χ2n) is 12.4. The average Bonchev–Trinajstić information content (AvgIpc) is 3.22. The van der Waals surface area contributed by atoms with Crippen LogP contribution in [-0.2, 0) is 17.1 Å². The third-order valence-electron chi connectivity index (χ3n) is 9.98. The second-order valence-corrected chi connectivity index (χ2v) is 12.4. The molecular weight excluding hydrogens is 592 g/mol. The van der Waals surface area contributed by atoms with Crippen LogP contribution in [-0.4, -0.2) is 82.3 Å². The smallest absolute Gasteiger partial charge is 0.396 e. The van der Waals surface area contributed by atoms with Crippen LogP contribution in [0.15, 0.2) is 42.5 Å². The molecular formula is C31H39F6N3O4. The van der Waals surface area contributed by atoms with Crippen molar-refractivity contribution in [1.29, 1.82) is 0 Å². The van der Waals surface area contributed by atoms with E-state index >= 15 is 0 Å². The molecule has 7 nitrogen and oxygen atoms in total. The first-order valence-electron chi connectivity index (χ1n) is 14.6. The van der Waals surface area contributed by atoms with Gasteiger partial charge in [-0.25, -0.2) is 4.79 Å². The minimum absolute atomic E-state index is 0.0561. The van der Waals surface area contributed by atoms with Gasteiger partial charge in [-0.2, -0.15) is 26.3 Å². The predicted molar refractivity (Wildman–Crippen MR) is 150 cm³/mol. The number of piperazine rings is 1. The summed E-state index contributed by atoms with van der Waals surface area (Å²) in [5.74, 6) is -0.311. The van der Waals surface area contributed by atoms with Crippen LogP contribution in [0.25, 0.3) is 0 Å². The summed E-state index contributed by atoms with van der Waals surface area (Å²) in [5, 5.41) is 19.6. The standard InChI is InChI=1S/C31H39F6N3O4/c1-19-7-5-6-8-28(19,3)25-24-18-29(9-13-41,10-14-42)26(43)39(24)11-12-40(25)27(44)38(4)20(2)21-15-22(30(32,33)34)17-23(16-21)31(35,36)37/h5-8,15-17,19-20,24-25,41-42H,9-14,18H2,1-4H3. The van der Waals surface area contributed by atoms with Crippen molar-refractivity contribution in [1.82, 2.24) is 14.7 Å². The molecule has 44 heavy (non-hydrogen) atoms. The molecule has 13 heteroatoms. The minimum Gasteiger partial charge on any atom is -0.396 e. The number of aliphatic hydroxyl groups excluding tert-OH is 2. The molecule has 5 atom stereocenters. The maximum atomic E-state index is 14.2. The first kappa shape index (κ1) is 33.8. The quantitative estimate of drug-likeness (QED) is 0.382. The van der Waals surface area contributed by atoms with Crippen molar-refractivity contribution >= 4 is 11.9 Å². The fourth-order valence-electron chi connectivity index (χ4n) is 7.13. The first-order valence-corrected chi connectivity index (χ1v) is 14.6. The van der Waals surface area contributed by atoms with Gasteiger partial charge in [-0.05, 0) is 55.9 Å². The molecule has 0 spiro atoms. The Kier molecular flexibility index (Phi) is 9.25. The number of hydrogen-bond acceptors (Lipinski definition) is 4. The van der Waals surface area contributed by atoms with Crippen LogP contribution >= 0.6 is 0 Å². The second kappa shape index (κ2) is 12.0. The van der Waals surface area contributed by atoms with Gasteiger partial charge < -0.3 is 24.9 Å². The van der Waals surface area contributed by atoms with E-state index < -0.39 is 58.5 Å². The lowest BCUT2D eigenvalue weighted by molar-refractivity contribution is -0.143. The van der Waals surface area contributed by atoms with Crippen molar-refractivity contribution in [2.24, 2.45) is 16.7 Å². The molecule has 4 rings (SSSR count). The van der Waals surface area contributed by atoms with Crippen LogP contribution in [0.4, 0.5) is 31.1 Å².